The Bertz CT molecular complexity index is 2040. The standard InChI is InChI=1S/C31H23BrN4O5/c1-18-13-21(19(2)35(18)23-8-10-24(11-9-23)40-17-29(37)38)16-33-36-30(34-26-6-4-3-5-25(26)31(36)39)28-15-20-14-22(32)7-12-27(20)41-28/h3-16H,17H2,1-2H3,(H,37,38). The number of aromatic nitrogens is 3. The van der Waals surface area contributed by atoms with Crippen LogP contribution in [0.3, 0.4) is 0 Å². The van der Waals surface area contributed by atoms with Crippen LogP contribution in [0.1, 0.15) is 17.0 Å². The fourth-order valence-corrected chi connectivity index (χ4v) is 5.17. The molecule has 3 aromatic carbocycles. The van der Waals surface area contributed by atoms with Crippen molar-refractivity contribution in [1.29, 1.82) is 0 Å². The van der Waals surface area contributed by atoms with Crippen molar-refractivity contribution in [2.24, 2.45) is 5.10 Å². The molecule has 3 heterocycles. The Kier molecular flexibility index (Phi) is 6.76. The molecule has 3 aromatic heterocycles. The van der Waals surface area contributed by atoms with Crippen LogP contribution in [0.15, 0.2) is 97.6 Å². The zero-order valence-corrected chi connectivity index (χ0v) is 23.6. The summed E-state index contributed by atoms with van der Waals surface area (Å²) >= 11 is 3.49. The highest BCUT2D eigenvalue weighted by Crippen LogP contribution is 2.29. The number of aryl methyl sites for hydroxylation is 1. The highest BCUT2D eigenvalue weighted by molar-refractivity contribution is 9.10. The molecular weight excluding hydrogens is 588 g/mol. The number of fused-ring (bicyclic) bond motifs is 2. The van der Waals surface area contributed by atoms with E-state index < -0.39 is 12.6 Å². The van der Waals surface area contributed by atoms with Gasteiger partial charge in [-0.05, 0) is 80.6 Å². The van der Waals surface area contributed by atoms with Crippen LogP contribution in [0.4, 0.5) is 0 Å². The van der Waals surface area contributed by atoms with Gasteiger partial charge >= 0.3 is 5.97 Å². The summed E-state index contributed by atoms with van der Waals surface area (Å²) in [7, 11) is 0. The van der Waals surface area contributed by atoms with Crippen molar-refractivity contribution in [3.05, 3.63) is 111 Å². The van der Waals surface area contributed by atoms with Gasteiger partial charge in [0.2, 0.25) is 5.82 Å². The normalized spacial score (nSPS) is 11.6. The number of carbonyl (C=O) groups is 1. The summed E-state index contributed by atoms with van der Waals surface area (Å²) in [5.74, 6) is 0.151. The number of carboxylic acid groups (broad SMARTS) is 1. The van der Waals surface area contributed by atoms with Crippen LogP contribution >= 0.6 is 15.9 Å². The van der Waals surface area contributed by atoms with Gasteiger partial charge in [0.1, 0.15) is 11.3 Å². The summed E-state index contributed by atoms with van der Waals surface area (Å²) in [6.07, 6.45) is 1.64. The molecule has 0 aliphatic rings. The largest absolute Gasteiger partial charge is 0.482 e. The van der Waals surface area contributed by atoms with Crippen LogP contribution in [0, 0.1) is 13.8 Å². The van der Waals surface area contributed by atoms with Crippen molar-refractivity contribution in [2.75, 3.05) is 6.61 Å². The van der Waals surface area contributed by atoms with E-state index in [1.54, 1.807) is 36.5 Å². The number of hydrogen-bond acceptors (Lipinski definition) is 6. The number of hydrogen-bond donors (Lipinski definition) is 1. The number of para-hydroxylation sites is 1. The van der Waals surface area contributed by atoms with Crippen molar-refractivity contribution >= 4 is 50.0 Å². The molecule has 1 N–H and O–H groups in total. The number of halogens is 1. The lowest BCUT2D eigenvalue weighted by Crippen LogP contribution is -2.20. The van der Waals surface area contributed by atoms with Gasteiger partial charge in [-0.15, -0.1) is 0 Å². The van der Waals surface area contributed by atoms with Gasteiger partial charge in [0.25, 0.3) is 5.56 Å². The first-order chi connectivity index (χ1) is 19.8. The number of aliphatic carboxylic acids is 1. The van der Waals surface area contributed by atoms with E-state index in [0.717, 1.165) is 32.5 Å². The fraction of sp³-hybridized carbons (Fsp3) is 0.0968. The summed E-state index contributed by atoms with van der Waals surface area (Å²) in [6, 6.07) is 23.8. The molecule has 0 saturated heterocycles. The Morgan fingerprint density at radius 3 is 2.63 bits per heavy atom. The lowest BCUT2D eigenvalue weighted by Gasteiger charge is -2.11. The maximum Gasteiger partial charge on any atom is 0.341 e. The maximum atomic E-state index is 13.6. The van der Waals surface area contributed by atoms with Crippen LogP contribution in [0.5, 0.6) is 5.75 Å². The van der Waals surface area contributed by atoms with E-state index in [0.29, 0.717) is 33.8 Å². The molecule has 9 nitrogen and oxygen atoms in total. The number of furan rings is 1. The summed E-state index contributed by atoms with van der Waals surface area (Å²) in [5, 5.41) is 14.8. The number of carboxylic acids is 1. The molecule has 0 aliphatic heterocycles. The molecule has 0 amide bonds. The van der Waals surface area contributed by atoms with Crippen molar-refractivity contribution in [2.45, 2.75) is 13.8 Å². The van der Waals surface area contributed by atoms with Crippen molar-refractivity contribution < 1.29 is 19.1 Å². The van der Waals surface area contributed by atoms with E-state index in [1.807, 2.05) is 66.9 Å². The summed E-state index contributed by atoms with van der Waals surface area (Å²) < 4.78 is 15.6. The molecule has 0 aliphatic carbocycles. The third-order valence-electron chi connectivity index (χ3n) is 6.69. The highest BCUT2D eigenvalue weighted by Gasteiger charge is 2.17. The maximum absolute atomic E-state index is 13.6. The van der Waals surface area contributed by atoms with Gasteiger partial charge in [-0.1, -0.05) is 28.1 Å². The van der Waals surface area contributed by atoms with Crippen molar-refractivity contribution in [3.8, 4) is 23.0 Å². The molecule has 6 rings (SSSR count). The van der Waals surface area contributed by atoms with Gasteiger partial charge in [0.05, 0.1) is 17.1 Å². The van der Waals surface area contributed by atoms with Gasteiger partial charge in [-0.25, -0.2) is 9.78 Å². The SMILES string of the molecule is Cc1cc(C=Nn2c(-c3cc4cc(Br)ccc4o3)nc3ccccc3c2=O)c(C)n1-c1ccc(OCC(=O)O)cc1. The highest BCUT2D eigenvalue weighted by atomic mass is 79.9. The zero-order valence-electron chi connectivity index (χ0n) is 22.0. The molecule has 0 fully saturated rings. The molecule has 0 radical (unpaired) electrons. The van der Waals surface area contributed by atoms with Gasteiger partial charge in [-0.2, -0.15) is 9.78 Å². The molecule has 6 aromatic rings. The lowest BCUT2D eigenvalue weighted by molar-refractivity contribution is -0.139. The zero-order chi connectivity index (χ0) is 28.7. The topological polar surface area (TPSA) is 112 Å². The Morgan fingerprint density at radius 2 is 1.85 bits per heavy atom. The number of rotatable bonds is 7. The molecular formula is C31H23BrN4O5. The Balaban J connectivity index is 1.41. The predicted molar refractivity (Wildman–Crippen MR) is 160 cm³/mol. The predicted octanol–water partition coefficient (Wildman–Crippen LogP) is 6.33. The second-order valence-electron chi connectivity index (χ2n) is 9.45. The van der Waals surface area contributed by atoms with Crippen LogP contribution in [-0.4, -0.2) is 38.1 Å². The molecule has 204 valence electrons. The van der Waals surface area contributed by atoms with Gasteiger partial charge in [0, 0.05) is 32.5 Å². The van der Waals surface area contributed by atoms with Crippen LogP contribution < -0.4 is 10.3 Å². The molecule has 0 bridgehead atoms. The number of benzene rings is 3. The van der Waals surface area contributed by atoms with E-state index in [4.69, 9.17) is 19.2 Å². The first-order valence-corrected chi connectivity index (χ1v) is 13.5. The second kappa shape index (κ2) is 10.5. The van der Waals surface area contributed by atoms with Gasteiger partial charge < -0.3 is 18.8 Å². The minimum Gasteiger partial charge on any atom is -0.482 e. The fourth-order valence-electron chi connectivity index (χ4n) is 4.79. The van der Waals surface area contributed by atoms with Gasteiger partial charge in [0.15, 0.2) is 12.4 Å². The summed E-state index contributed by atoms with van der Waals surface area (Å²) in [5.41, 5.74) is 4.46. The Morgan fingerprint density at radius 1 is 1.07 bits per heavy atom. The quantitative estimate of drug-likeness (QED) is 0.211. The number of ether oxygens (including phenoxy) is 1. The molecule has 0 atom stereocenters. The van der Waals surface area contributed by atoms with E-state index in [-0.39, 0.29) is 5.56 Å². The monoisotopic (exact) mass is 610 g/mol. The van der Waals surface area contributed by atoms with Crippen LogP contribution in [-0.2, 0) is 4.79 Å². The third-order valence-corrected chi connectivity index (χ3v) is 7.19. The lowest BCUT2D eigenvalue weighted by atomic mass is 10.2. The van der Waals surface area contributed by atoms with E-state index >= 15 is 0 Å². The van der Waals surface area contributed by atoms with Gasteiger partial charge in [-0.3, -0.25) is 4.79 Å². The van der Waals surface area contributed by atoms with Crippen molar-refractivity contribution in [3.63, 3.8) is 0 Å². The summed E-state index contributed by atoms with van der Waals surface area (Å²) in [6.45, 7) is 3.53. The van der Waals surface area contributed by atoms with Crippen LogP contribution in [0.2, 0.25) is 0 Å². The molecule has 0 saturated carbocycles. The Hall–Kier alpha value is -4.96. The smallest absolute Gasteiger partial charge is 0.341 e. The average Bonchev–Trinajstić information content (AvgIpc) is 3.50. The molecule has 0 unspecified atom stereocenters. The Labute approximate surface area is 242 Å². The second-order valence-corrected chi connectivity index (χ2v) is 10.4. The minimum absolute atomic E-state index is 0.294. The van der Waals surface area contributed by atoms with Crippen LogP contribution in [0.25, 0.3) is 39.1 Å². The first kappa shape index (κ1) is 26.3. The minimum atomic E-state index is -1.03. The summed E-state index contributed by atoms with van der Waals surface area (Å²) in [4.78, 5) is 29.2. The average molecular weight is 611 g/mol. The third kappa shape index (κ3) is 5.05. The first-order valence-electron chi connectivity index (χ1n) is 12.7. The molecule has 0 spiro atoms. The van der Waals surface area contributed by atoms with E-state index in [2.05, 4.69) is 21.0 Å². The van der Waals surface area contributed by atoms with E-state index in [1.165, 1.54) is 4.68 Å². The molecule has 41 heavy (non-hydrogen) atoms. The number of nitrogens with zero attached hydrogens (tertiary/aromatic N) is 4. The van der Waals surface area contributed by atoms with E-state index in [9.17, 15) is 9.59 Å². The van der Waals surface area contributed by atoms with Crippen molar-refractivity contribution in [1.82, 2.24) is 14.2 Å². The molecule has 10 heteroatoms.